The number of nitrogens with zero attached hydrogens (tertiary/aromatic N) is 1. The third kappa shape index (κ3) is 7.60. The van der Waals surface area contributed by atoms with E-state index in [1.807, 2.05) is 43.3 Å². The molecule has 0 aliphatic rings. The van der Waals surface area contributed by atoms with Crippen molar-refractivity contribution in [1.82, 2.24) is 4.98 Å². The average molecular weight is 578 g/mol. The molecule has 0 aliphatic heterocycles. The summed E-state index contributed by atoms with van der Waals surface area (Å²) in [6, 6.07) is 19.1. The Balaban J connectivity index is 0.000000278. The van der Waals surface area contributed by atoms with Crippen molar-refractivity contribution in [3.63, 3.8) is 0 Å². The molecule has 4 rings (SSSR count). The van der Waals surface area contributed by atoms with Crippen LogP contribution in [0.4, 0.5) is 35.1 Å². The van der Waals surface area contributed by atoms with Gasteiger partial charge in [-0.3, -0.25) is 4.98 Å². The maximum Gasteiger partial charge on any atom is 0.419 e. The van der Waals surface area contributed by atoms with Crippen LogP contribution < -0.4 is 0 Å². The summed E-state index contributed by atoms with van der Waals surface area (Å²) in [5.41, 5.74) is -0.490. The predicted octanol–water partition coefficient (Wildman–Crippen LogP) is 9.97. The quantitative estimate of drug-likeness (QED) is 0.215. The zero-order valence-electron chi connectivity index (χ0n) is 22.5. The second kappa shape index (κ2) is 12.2. The Morgan fingerprint density at radius 2 is 1.37 bits per heavy atom. The molecule has 0 N–H and O–H groups in total. The Morgan fingerprint density at radius 1 is 0.756 bits per heavy atom. The maximum absolute atomic E-state index is 15.0. The molecule has 0 bridgehead atoms. The Bertz CT molecular complexity index is 1490. The fourth-order valence-electron chi connectivity index (χ4n) is 4.31. The molecule has 41 heavy (non-hydrogen) atoms. The number of halogens is 8. The summed E-state index contributed by atoms with van der Waals surface area (Å²) in [6.45, 7) is 8.65. The average Bonchev–Trinajstić information content (AvgIpc) is 2.89. The first-order valence-electron chi connectivity index (χ1n) is 12.4. The third-order valence-electron chi connectivity index (χ3n) is 6.54. The summed E-state index contributed by atoms with van der Waals surface area (Å²) in [6.07, 6.45) is -7.45. The van der Waals surface area contributed by atoms with Crippen molar-refractivity contribution in [3.8, 4) is 0 Å². The van der Waals surface area contributed by atoms with Gasteiger partial charge in [-0.1, -0.05) is 66.7 Å². The number of rotatable bonds is 5. The number of hydrogen-bond acceptors (Lipinski definition) is 1. The first-order chi connectivity index (χ1) is 19.0. The summed E-state index contributed by atoms with van der Waals surface area (Å²) >= 11 is 0. The highest BCUT2D eigenvalue weighted by atomic mass is 19.4. The molecule has 1 heterocycles. The van der Waals surface area contributed by atoms with Crippen molar-refractivity contribution in [1.29, 1.82) is 0 Å². The number of alkyl halides is 6. The molecular formula is C32H27F8N. The largest absolute Gasteiger partial charge is 0.419 e. The molecule has 0 radical (unpaired) electrons. The van der Waals surface area contributed by atoms with Gasteiger partial charge in [0.05, 0.1) is 16.8 Å². The molecule has 9 heteroatoms. The molecule has 1 atom stereocenters. The van der Waals surface area contributed by atoms with Gasteiger partial charge in [-0.2, -0.15) is 26.3 Å². The highest BCUT2D eigenvalue weighted by molar-refractivity contribution is 5.62. The van der Waals surface area contributed by atoms with Crippen LogP contribution in [0.25, 0.3) is 5.57 Å². The van der Waals surface area contributed by atoms with Crippen LogP contribution in [0.15, 0.2) is 91.6 Å². The van der Waals surface area contributed by atoms with Crippen LogP contribution in [0.2, 0.25) is 0 Å². The van der Waals surface area contributed by atoms with E-state index < -0.39 is 40.5 Å². The molecule has 1 aromatic heterocycles. The Labute approximate surface area is 233 Å². The van der Waals surface area contributed by atoms with Crippen LogP contribution in [0.3, 0.4) is 0 Å². The number of benzene rings is 3. The lowest BCUT2D eigenvalue weighted by atomic mass is 9.73. The second-order valence-corrected chi connectivity index (χ2v) is 9.85. The lowest BCUT2D eigenvalue weighted by molar-refractivity contribution is -0.140. The lowest BCUT2D eigenvalue weighted by Crippen LogP contribution is -2.30. The molecule has 0 aliphatic carbocycles. The summed E-state index contributed by atoms with van der Waals surface area (Å²) in [5.74, 6) is -2.51. The van der Waals surface area contributed by atoms with Crippen LogP contribution in [-0.2, 0) is 24.2 Å². The standard InChI is InChI=1S/C22H19F4N.C10H8F4/c1-15-11-12-19(27-14-15)21(2,13-16-7-4-3-5-8-16)17-9-6-10-18(20(17)23)22(24,25)26;1-6(2)7-3-4-9(11)8(5-7)10(12,13)14/h3-12,14H,13H2,1-2H3;3-5H,1H2,2H3. The van der Waals surface area contributed by atoms with Gasteiger partial charge in [-0.05, 0) is 68.1 Å². The van der Waals surface area contributed by atoms with Crippen molar-refractivity contribution in [2.75, 3.05) is 0 Å². The van der Waals surface area contributed by atoms with Gasteiger partial charge in [0.2, 0.25) is 0 Å². The van der Waals surface area contributed by atoms with Crippen LogP contribution in [0.1, 0.15) is 52.9 Å². The van der Waals surface area contributed by atoms with Crippen LogP contribution in [0, 0.1) is 18.6 Å². The first-order valence-corrected chi connectivity index (χ1v) is 12.4. The van der Waals surface area contributed by atoms with E-state index in [0.717, 1.165) is 29.3 Å². The SMILES string of the molecule is C=C(C)c1ccc(F)c(C(F)(F)F)c1.Cc1ccc(C(C)(Cc2ccccc2)c2cccc(C(F)(F)F)c2F)nc1. The van der Waals surface area contributed by atoms with Crippen molar-refractivity contribution in [2.45, 2.75) is 45.0 Å². The summed E-state index contributed by atoms with van der Waals surface area (Å²) in [7, 11) is 0. The number of hydrogen-bond donors (Lipinski definition) is 0. The molecule has 0 fully saturated rings. The van der Waals surface area contributed by atoms with E-state index in [-0.39, 0.29) is 5.56 Å². The number of aryl methyl sites for hydroxylation is 1. The van der Waals surface area contributed by atoms with E-state index in [1.54, 1.807) is 26.1 Å². The van der Waals surface area contributed by atoms with Crippen molar-refractivity contribution < 1.29 is 35.1 Å². The van der Waals surface area contributed by atoms with E-state index in [1.165, 1.54) is 18.2 Å². The molecule has 0 spiro atoms. The summed E-state index contributed by atoms with van der Waals surface area (Å²) < 4.78 is 104. The summed E-state index contributed by atoms with van der Waals surface area (Å²) in [4.78, 5) is 4.41. The van der Waals surface area contributed by atoms with Crippen molar-refractivity contribution in [2.24, 2.45) is 0 Å². The zero-order valence-corrected chi connectivity index (χ0v) is 22.5. The molecule has 0 saturated heterocycles. The molecule has 4 aromatic rings. The highest BCUT2D eigenvalue weighted by Crippen LogP contribution is 2.40. The van der Waals surface area contributed by atoms with E-state index in [4.69, 9.17) is 0 Å². The summed E-state index contributed by atoms with van der Waals surface area (Å²) in [5, 5.41) is 0. The topological polar surface area (TPSA) is 12.9 Å². The van der Waals surface area contributed by atoms with E-state index >= 15 is 0 Å². The predicted molar refractivity (Wildman–Crippen MR) is 143 cm³/mol. The Hall–Kier alpha value is -4.01. The number of pyridine rings is 1. The van der Waals surface area contributed by atoms with Crippen molar-refractivity contribution >= 4 is 5.57 Å². The normalized spacial score (nSPS) is 13.1. The zero-order chi connectivity index (χ0) is 30.6. The lowest BCUT2D eigenvalue weighted by Gasteiger charge is -2.31. The third-order valence-corrected chi connectivity index (χ3v) is 6.54. The number of allylic oxidation sites excluding steroid dienone is 1. The fourth-order valence-corrected chi connectivity index (χ4v) is 4.31. The minimum atomic E-state index is -4.76. The highest BCUT2D eigenvalue weighted by Gasteiger charge is 2.40. The molecule has 216 valence electrons. The second-order valence-electron chi connectivity index (χ2n) is 9.85. The molecule has 1 unspecified atom stereocenters. The minimum Gasteiger partial charge on any atom is -0.260 e. The van der Waals surface area contributed by atoms with Gasteiger partial charge >= 0.3 is 12.4 Å². The smallest absolute Gasteiger partial charge is 0.260 e. The van der Waals surface area contributed by atoms with Gasteiger partial charge in [0.25, 0.3) is 0 Å². The van der Waals surface area contributed by atoms with E-state index in [2.05, 4.69) is 11.6 Å². The van der Waals surface area contributed by atoms with Gasteiger partial charge in [-0.25, -0.2) is 8.78 Å². The Kier molecular flexibility index (Phi) is 9.41. The molecule has 3 aromatic carbocycles. The van der Waals surface area contributed by atoms with E-state index in [9.17, 15) is 35.1 Å². The minimum absolute atomic E-state index is 0.0162. The molecule has 1 nitrogen and oxygen atoms in total. The number of aromatic nitrogens is 1. The van der Waals surface area contributed by atoms with Gasteiger partial charge < -0.3 is 0 Å². The molecule has 0 amide bonds. The van der Waals surface area contributed by atoms with Crippen LogP contribution >= 0.6 is 0 Å². The van der Waals surface area contributed by atoms with Crippen LogP contribution in [0.5, 0.6) is 0 Å². The van der Waals surface area contributed by atoms with Crippen molar-refractivity contribution in [3.05, 3.63) is 142 Å². The van der Waals surface area contributed by atoms with Crippen LogP contribution in [-0.4, -0.2) is 4.98 Å². The molecular weight excluding hydrogens is 550 g/mol. The first kappa shape index (κ1) is 31.5. The van der Waals surface area contributed by atoms with Gasteiger partial charge in [-0.15, -0.1) is 0 Å². The van der Waals surface area contributed by atoms with E-state index in [0.29, 0.717) is 23.3 Å². The molecule has 0 saturated carbocycles. The van der Waals surface area contributed by atoms with Gasteiger partial charge in [0.15, 0.2) is 0 Å². The maximum atomic E-state index is 15.0. The van der Waals surface area contributed by atoms with Gasteiger partial charge in [0.1, 0.15) is 11.6 Å². The Morgan fingerprint density at radius 3 is 1.90 bits per heavy atom. The monoisotopic (exact) mass is 577 g/mol. The fraction of sp³-hybridized carbons (Fsp3) is 0.219. The van der Waals surface area contributed by atoms with Gasteiger partial charge in [0, 0.05) is 17.2 Å².